The van der Waals surface area contributed by atoms with Crippen LogP contribution in [-0.2, 0) is 38.3 Å². The number of nitrogens with one attached hydrogen (secondary N) is 3. The SMILES string of the molecule is CNCc1ccc(-c2cc(NC(=O)C3(c4ccc5c(c4)OCO5)CC3)ccc2C)cc1.Cc1ccc(NC(=O)C2(c3ccc4c(c3)OCO4)CC2)cc1-c1ccc(CN(C)C(=O)C(C)(C)C)cc1. The lowest BCUT2D eigenvalue weighted by Crippen LogP contribution is -2.36. The van der Waals surface area contributed by atoms with Gasteiger partial charge in [0, 0.05) is 36.9 Å². The van der Waals surface area contributed by atoms with Crippen molar-refractivity contribution in [2.45, 2.75) is 84.2 Å². The van der Waals surface area contributed by atoms with E-state index in [9.17, 15) is 14.4 Å². The van der Waals surface area contributed by atoms with Gasteiger partial charge in [0.1, 0.15) is 0 Å². The zero-order valence-corrected chi connectivity index (χ0v) is 40.0. The van der Waals surface area contributed by atoms with Gasteiger partial charge >= 0.3 is 0 Å². The summed E-state index contributed by atoms with van der Waals surface area (Å²) in [7, 11) is 3.79. The number of anilines is 2. The molecule has 2 aliphatic heterocycles. The topological polar surface area (TPSA) is 127 Å². The molecule has 0 saturated heterocycles. The highest BCUT2D eigenvalue weighted by Crippen LogP contribution is 2.52. The second-order valence-electron chi connectivity index (χ2n) is 19.6. The van der Waals surface area contributed by atoms with Gasteiger partial charge in [0.2, 0.25) is 31.3 Å². The van der Waals surface area contributed by atoms with Crippen LogP contribution in [0.25, 0.3) is 22.3 Å². The minimum absolute atomic E-state index is 0.00284. The number of amides is 3. The highest BCUT2D eigenvalue weighted by molar-refractivity contribution is 6.03. The van der Waals surface area contributed by atoms with Gasteiger partial charge in [0.25, 0.3) is 0 Å². The lowest BCUT2D eigenvalue weighted by Gasteiger charge is -2.26. The lowest BCUT2D eigenvalue weighted by atomic mass is 9.94. The monoisotopic (exact) mass is 912 g/mol. The quantitative estimate of drug-likeness (QED) is 0.111. The summed E-state index contributed by atoms with van der Waals surface area (Å²) >= 11 is 0. The molecule has 0 bridgehead atoms. The summed E-state index contributed by atoms with van der Waals surface area (Å²) in [6.45, 7) is 11.8. The molecule has 0 atom stereocenters. The van der Waals surface area contributed by atoms with Gasteiger partial charge in [0.05, 0.1) is 10.8 Å². The van der Waals surface area contributed by atoms with Crippen molar-refractivity contribution in [3.63, 3.8) is 0 Å². The molecule has 10 rings (SSSR count). The van der Waals surface area contributed by atoms with Gasteiger partial charge in [-0.2, -0.15) is 0 Å². The molecule has 6 aromatic rings. The van der Waals surface area contributed by atoms with Crippen molar-refractivity contribution in [1.82, 2.24) is 10.2 Å². The molecule has 11 nitrogen and oxygen atoms in total. The van der Waals surface area contributed by atoms with E-state index >= 15 is 0 Å². The van der Waals surface area contributed by atoms with E-state index in [0.29, 0.717) is 12.3 Å². The standard InChI is InChI=1S/C31H34N2O4.C26H26N2O3/c1-20-6-12-24(32-28(34)31(14-15-31)23-11-13-26-27(16-23)37-19-36-26)17-25(20)22-9-7-21(8-10-22)18-33(5)29(35)30(2,3)4;1-17-3-9-21(14-22(17)19-6-4-18(5-7-19)15-27-2)28-25(29)26(11-12-26)20-8-10-23-24(13-20)31-16-30-23/h6-13,16-17H,14-15,18-19H2,1-5H3,(H,32,34);3-10,13-14,27H,11-12,15-16H2,1-2H3,(H,28,29). The van der Waals surface area contributed by atoms with Gasteiger partial charge in [-0.1, -0.05) is 93.6 Å². The molecule has 6 aromatic carbocycles. The molecule has 2 fully saturated rings. The summed E-state index contributed by atoms with van der Waals surface area (Å²) in [4.78, 5) is 40.9. The summed E-state index contributed by atoms with van der Waals surface area (Å²) in [6.07, 6.45) is 3.30. The largest absolute Gasteiger partial charge is 0.454 e. The van der Waals surface area contributed by atoms with Gasteiger partial charge in [-0.3, -0.25) is 14.4 Å². The average molecular weight is 913 g/mol. The van der Waals surface area contributed by atoms with Crippen molar-refractivity contribution >= 4 is 29.1 Å². The van der Waals surface area contributed by atoms with Crippen LogP contribution in [0, 0.1) is 19.3 Å². The number of ether oxygens (including phenoxy) is 4. The van der Waals surface area contributed by atoms with Gasteiger partial charge < -0.3 is 39.8 Å². The maximum atomic E-state index is 13.4. The predicted octanol–water partition coefficient (Wildman–Crippen LogP) is 10.8. The van der Waals surface area contributed by atoms with Crippen LogP contribution in [0.4, 0.5) is 11.4 Å². The summed E-state index contributed by atoms with van der Waals surface area (Å²) in [5.41, 5.74) is 11.2. The number of hydrogen-bond acceptors (Lipinski definition) is 8. The number of carbonyl (C=O) groups excluding carboxylic acids is 3. The predicted molar refractivity (Wildman–Crippen MR) is 266 cm³/mol. The van der Waals surface area contributed by atoms with Crippen molar-refractivity contribution in [1.29, 1.82) is 0 Å². The normalized spacial score (nSPS) is 15.4. The van der Waals surface area contributed by atoms with Crippen molar-refractivity contribution in [2.24, 2.45) is 5.41 Å². The second-order valence-corrected chi connectivity index (χ2v) is 19.6. The van der Waals surface area contributed by atoms with Gasteiger partial charge in [-0.05, 0) is 151 Å². The first kappa shape index (κ1) is 46.0. The molecule has 2 aliphatic carbocycles. The van der Waals surface area contributed by atoms with Crippen LogP contribution in [0.2, 0.25) is 0 Å². The third-order valence-electron chi connectivity index (χ3n) is 13.5. The highest BCUT2D eigenvalue weighted by atomic mass is 16.7. The lowest BCUT2D eigenvalue weighted by molar-refractivity contribution is -0.138. The third kappa shape index (κ3) is 9.53. The zero-order valence-electron chi connectivity index (χ0n) is 40.0. The van der Waals surface area contributed by atoms with Crippen molar-refractivity contribution in [2.75, 3.05) is 38.3 Å². The van der Waals surface area contributed by atoms with Crippen molar-refractivity contribution in [3.05, 3.63) is 155 Å². The fourth-order valence-electron chi connectivity index (χ4n) is 9.17. The third-order valence-corrected chi connectivity index (χ3v) is 13.5. The first-order valence-corrected chi connectivity index (χ1v) is 23.4. The van der Waals surface area contributed by atoms with Crippen LogP contribution in [0.5, 0.6) is 23.0 Å². The minimum Gasteiger partial charge on any atom is -0.454 e. The second kappa shape index (κ2) is 18.5. The number of carbonyl (C=O) groups is 3. The molecule has 68 heavy (non-hydrogen) atoms. The Labute approximate surface area is 399 Å². The smallest absolute Gasteiger partial charge is 0.235 e. The molecule has 0 radical (unpaired) electrons. The first-order chi connectivity index (χ1) is 32.7. The Bertz CT molecular complexity index is 2880. The van der Waals surface area contributed by atoms with Gasteiger partial charge in [0.15, 0.2) is 23.0 Å². The van der Waals surface area contributed by atoms with Crippen molar-refractivity contribution in [3.8, 4) is 45.3 Å². The molecule has 3 amide bonds. The van der Waals surface area contributed by atoms with Crippen LogP contribution >= 0.6 is 0 Å². The summed E-state index contributed by atoms with van der Waals surface area (Å²) in [5.74, 6) is 3.03. The van der Waals surface area contributed by atoms with E-state index in [1.807, 2.05) is 95.5 Å². The Hall–Kier alpha value is -7.11. The zero-order chi connectivity index (χ0) is 47.8. The summed E-state index contributed by atoms with van der Waals surface area (Å²) in [6, 6.07) is 40.5. The fourth-order valence-corrected chi connectivity index (χ4v) is 9.17. The van der Waals surface area contributed by atoms with E-state index in [4.69, 9.17) is 18.9 Å². The van der Waals surface area contributed by atoms with Crippen LogP contribution in [0.3, 0.4) is 0 Å². The van der Waals surface area contributed by atoms with Crippen LogP contribution in [0.1, 0.15) is 79.8 Å². The molecule has 2 heterocycles. The number of aryl methyl sites for hydroxylation is 2. The Morgan fingerprint density at radius 1 is 0.559 bits per heavy atom. The van der Waals surface area contributed by atoms with Crippen LogP contribution in [0.15, 0.2) is 121 Å². The van der Waals surface area contributed by atoms with E-state index in [2.05, 4.69) is 90.5 Å². The molecule has 2 saturated carbocycles. The first-order valence-electron chi connectivity index (χ1n) is 23.4. The Kier molecular flexibility index (Phi) is 12.5. The number of rotatable bonds is 12. The maximum absolute atomic E-state index is 13.4. The van der Waals surface area contributed by atoms with E-state index < -0.39 is 16.2 Å². The number of nitrogens with zero attached hydrogens (tertiary/aromatic N) is 1. The Morgan fingerprint density at radius 3 is 1.40 bits per heavy atom. The summed E-state index contributed by atoms with van der Waals surface area (Å²) in [5, 5.41) is 9.49. The molecule has 0 unspecified atom stereocenters. The number of fused-ring (bicyclic) bond motifs is 2. The fraction of sp³-hybridized carbons (Fsp3) is 0.316. The summed E-state index contributed by atoms with van der Waals surface area (Å²) < 4.78 is 21.8. The maximum Gasteiger partial charge on any atom is 0.235 e. The van der Waals surface area contributed by atoms with Gasteiger partial charge in [-0.15, -0.1) is 0 Å². The molecule has 0 aromatic heterocycles. The van der Waals surface area contributed by atoms with E-state index in [1.54, 1.807) is 4.90 Å². The van der Waals surface area contributed by atoms with Crippen LogP contribution < -0.4 is 34.9 Å². The average Bonchev–Trinajstić information content (AvgIpc) is 4.23. The highest BCUT2D eigenvalue weighted by Gasteiger charge is 2.52. The molecule has 3 N–H and O–H groups in total. The number of benzene rings is 6. The molecular weight excluding hydrogens is 853 g/mol. The molecule has 4 aliphatic rings. The van der Waals surface area contributed by atoms with Crippen LogP contribution in [-0.4, -0.2) is 50.3 Å². The molecule has 0 spiro atoms. The number of hydrogen-bond donors (Lipinski definition) is 3. The van der Waals surface area contributed by atoms with E-state index in [0.717, 1.165) is 105 Å². The van der Waals surface area contributed by atoms with Crippen molar-refractivity contribution < 1.29 is 33.3 Å². The Morgan fingerprint density at radius 2 is 0.985 bits per heavy atom. The Balaban J connectivity index is 0.000000172. The molecular formula is C57H60N4O7. The van der Waals surface area contributed by atoms with Gasteiger partial charge in [-0.25, -0.2) is 0 Å². The minimum atomic E-state index is -0.524. The molecule has 11 heteroatoms. The molecule has 350 valence electrons. The van der Waals surface area contributed by atoms with E-state index in [1.165, 1.54) is 11.1 Å². The van der Waals surface area contributed by atoms with E-state index in [-0.39, 0.29) is 31.3 Å².